The maximum Gasteiger partial charge on any atom is 0.314 e. The fourth-order valence-corrected chi connectivity index (χ4v) is 3.08. The van der Waals surface area contributed by atoms with Crippen LogP contribution in [0.4, 0.5) is 4.79 Å². The van der Waals surface area contributed by atoms with E-state index in [1.54, 1.807) is 12.1 Å². The number of halogens is 2. The largest absolute Gasteiger partial charge is 0.355 e. The van der Waals surface area contributed by atoms with E-state index < -0.39 is 6.03 Å². The van der Waals surface area contributed by atoms with Crippen molar-refractivity contribution in [2.45, 2.75) is 19.3 Å². The molecule has 1 aliphatic heterocycles. The molecule has 0 radical (unpaired) electrons. The third-order valence-electron chi connectivity index (χ3n) is 3.81. The van der Waals surface area contributed by atoms with Gasteiger partial charge in [0.05, 0.1) is 5.92 Å². The van der Waals surface area contributed by atoms with E-state index in [0.717, 1.165) is 18.4 Å². The minimum absolute atomic E-state index is 0.0453. The van der Waals surface area contributed by atoms with Crippen molar-refractivity contribution < 1.29 is 9.59 Å². The Morgan fingerprint density at radius 1 is 1.36 bits per heavy atom. The molecule has 5 nitrogen and oxygen atoms in total. The van der Waals surface area contributed by atoms with Crippen molar-refractivity contribution >= 4 is 35.1 Å². The van der Waals surface area contributed by atoms with Crippen LogP contribution in [0.3, 0.4) is 0 Å². The van der Waals surface area contributed by atoms with Crippen LogP contribution >= 0.6 is 23.2 Å². The molecule has 120 valence electrons. The molecule has 0 spiro atoms. The summed E-state index contributed by atoms with van der Waals surface area (Å²) in [7, 11) is 0. The molecule has 1 heterocycles. The van der Waals surface area contributed by atoms with E-state index in [9.17, 15) is 9.59 Å². The second-order valence-electron chi connectivity index (χ2n) is 5.40. The summed E-state index contributed by atoms with van der Waals surface area (Å²) in [5, 5.41) is 4.08. The Morgan fingerprint density at radius 2 is 2.14 bits per heavy atom. The highest BCUT2D eigenvalue weighted by Crippen LogP contribution is 2.21. The molecule has 7 heteroatoms. The fourth-order valence-electron chi connectivity index (χ4n) is 2.58. The number of nitrogens with zero attached hydrogens (tertiary/aromatic N) is 1. The van der Waals surface area contributed by atoms with Gasteiger partial charge < -0.3 is 16.0 Å². The first-order valence-corrected chi connectivity index (χ1v) is 7.99. The van der Waals surface area contributed by atoms with Gasteiger partial charge in [-0.25, -0.2) is 4.79 Å². The van der Waals surface area contributed by atoms with Gasteiger partial charge in [-0.1, -0.05) is 29.3 Å². The number of nitrogens with two attached hydrogens (primary N) is 1. The number of primary amides is 1. The lowest BCUT2D eigenvalue weighted by atomic mass is 9.97. The molecule has 1 aliphatic rings. The Bertz CT molecular complexity index is 566. The number of hydrogen-bond acceptors (Lipinski definition) is 2. The van der Waals surface area contributed by atoms with Crippen molar-refractivity contribution in [2.24, 2.45) is 11.7 Å². The molecule has 1 saturated heterocycles. The summed E-state index contributed by atoms with van der Waals surface area (Å²) < 4.78 is 0. The predicted molar refractivity (Wildman–Crippen MR) is 87.1 cm³/mol. The van der Waals surface area contributed by atoms with Crippen molar-refractivity contribution in [3.8, 4) is 0 Å². The molecule has 2 rings (SSSR count). The van der Waals surface area contributed by atoms with Crippen molar-refractivity contribution in [1.29, 1.82) is 0 Å². The fraction of sp³-hybridized carbons (Fsp3) is 0.467. The van der Waals surface area contributed by atoms with Crippen molar-refractivity contribution in [3.05, 3.63) is 33.8 Å². The van der Waals surface area contributed by atoms with Gasteiger partial charge in [-0.2, -0.15) is 0 Å². The molecular formula is C15H19Cl2N3O2. The van der Waals surface area contributed by atoms with Crippen LogP contribution in [0.2, 0.25) is 10.0 Å². The molecule has 1 fully saturated rings. The zero-order chi connectivity index (χ0) is 16.1. The molecule has 22 heavy (non-hydrogen) atoms. The molecule has 1 atom stereocenters. The van der Waals surface area contributed by atoms with Crippen molar-refractivity contribution in [3.63, 3.8) is 0 Å². The van der Waals surface area contributed by atoms with Crippen molar-refractivity contribution in [1.82, 2.24) is 10.2 Å². The van der Waals surface area contributed by atoms with E-state index in [1.807, 2.05) is 6.07 Å². The third-order valence-corrected chi connectivity index (χ3v) is 4.40. The van der Waals surface area contributed by atoms with Gasteiger partial charge in [-0.15, -0.1) is 0 Å². The van der Waals surface area contributed by atoms with Gasteiger partial charge in [0.15, 0.2) is 0 Å². The first-order valence-electron chi connectivity index (χ1n) is 7.23. The molecule has 0 saturated carbocycles. The Hall–Kier alpha value is -1.46. The van der Waals surface area contributed by atoms with Crippen LogP contribution < -0.4 is 11.1 Å². The first kappa shape index (κ1) is 16.9. The maximum absolute atomic E-state index is 12.2. The highest BCUT2D eigenvalue weighted by atomic mass is 35.5. The van der Waals surface area contributed by atoms with E-state index in [-0.39, 0.29) is 11.8 Å². The number of nitrogens with one attached hydrogen (secondary N) is 1. The normalized spacial score (nSPS) is 18.1. The number of piperidine rings is 1. The zero-order valence-electron chi connectivity index (χ0n) is 12.1. The summed E-state index contributed by atoms with van der Waals surface area (Å²) in [6, 6.07) is 4.85. The monoisotopic (exact) mass is 343 g/mol. The molecule has 1 aromatic carbocycles. The van der Waals surface area contributed by atoms with Crippen LogP contribution in [0.1, 0.15) is 18.4 Å². The van der Waals surface area contributed by atoms with Crippen LogP contribution in [-0.2, 0) is 11.2 Å². The summed E-state index contributed by atoms with van der Waals surface area (Å²) in [6.07, 6.45) is 2.20. The van der Waals surface area contributed by atoms with Gasteiger partial charge >= 0.3 is 6.03 Å². The third kappa shape index (κ3) is 4.52. The van der Waals surface area contributed by atoms with Crippen molar-refractivity contribution in [2.75, 3.05) is 19.6 Å². The van der Waals surface area contributed by atoms with Gasteiger partial charge in [0, 0.05) is 29.7 Å². The quantitative estimate of drug-likeness (QED) is 0.880. The van der Waals surface area contributed by atoms with Gasteiger partial charge in [0.2, 0.25) is 5.91 Å². The van der Waals surface area contributed by atoms with Crippen LogP contribution in [0.5, 0.6) is 0 Å². The lowest BCUT2D eigenvalue weighted by molar-refractivity contribution is -0.126. The molecule has 0 aliphatic carbocycles. The second kappa shape index (κ2) is 7.70. The standard InChI is InChI=1S/C15H19Cl2N3O2/c16-12-4-3-10(13(17)8-12)5-6-19-14(21)11-2-1-7-20(9-11)15(18)22/h3-4,8,11H,1-2,5-7,9H2,(H2,18,22)(H,19,21)/t11-/m0/s1. The van der Waals surface area contributed by atoms with Crippen LogP contribution in [0.25, 0.3) is 0 Å². The van der Waals surface area contributed by atoms with Crippen LogP contribution in [-0.4, -0.2) is 36.5 Å². The lowest BCUT2D eigenvalue weighted by Gasteiger charge is -2.30. The highest BCUT2D eigenvalue weighted by Gasteiger charge is 2.27. The number of amides is 3. The second-order valence-corrected chi connectivity index (χ2v) is 6.24. The zero-order valence-corrected chi connectivity index (χ0v) is 13.7. The van der Waals surface area contributed by atoms with E-state index >= 15 is 0 Å². The van der Waals surface area contributed by atoms with Gasteiger partial charge in [-0.05, 0) is 37.0 Å². The molecule has 1 aromatic rings. The molecular weight excluding hydrogens is 325 g/mol. The van der Waals surface area contributed by atoms with Gasteiger partial charge in [0.25, 0.3) is 0 Å². The van der Waals surface area contributed by atoms with E-state index in [4.69, 9.17) is 28.9 Å². The number of urea groups is 1. The van der Waals surface area contributed by atoms with E-state index in [2.05, 4.69) is 5.32 Å². The first-order chi connectivity index (χ1) is 10.5. The molecule has 0 bridgehead atoms. The Kier molecular flexibility index (Phi) is 5.91. The Morgan fingerprint density at radius 3 is 2.82 bits per heavy atom. The minimum atomic E-state index is -0.467. The highest BCUT2D eigenvalue weighted by molar-refractivity contribution is 6.35. The lowest BCUT2D eigenvalue weighted by Crippen LogP contribution is -2.47. The average molecular weight is 344 g/mol. The maximum atomic E-state index is 12.2. The number of likely N-dealkylation sites (tertiary alicyclic amines) is 1. The average Bonchev–Trinajstić information content (AvgIpc) is 2.49. The molecule has 3 N–H and O–H groups in total. The van der Waals surface area contributed by atoms with Gasteiger partial charge in [-0.3, -0.25) is 4.79 Å². The van der Waals surface area contributed by atoms with Gasteiger partial charge in [0.1, 0.15) is 0 Å². The number of rotatable bonds is 4. The predicted octanol–water partition coefficient (Wildman–Crippen LogP) is 2.44. The Labute approximate surface area is 139 Å². The van der Waals surface area contributed by atoms with Crippen LogP contribution in [0, 0.1) is 5.92 Å². The number of carbonyl (C=O) groups is 2. The summed E-state index contributed by atoms with van der Waals surface area (Å²) in [5.74, 6) is -0.238. The molecule has 0 unspecified atom stereocenters. The summed E-state index contributed by atoms with van der Waals surface area (Å²) in [4.78, 5) is 24.8. The van der Waals surface area contributed by atoms with Crippen LogP contribution in [0.15, 0.2) is 18.2 Å². The smallest absolute Gasteiger partial charge is 0.314 e. The summed E-state index contributed by atoms with van der Waals surface area (Å²) in [5.41, 5.74) is 6.20. The number of benzene rings is 1. The SMILES string of the molecule is NC(=O)N1CCC[C@H](C(=O)NCCc2ccc(Cl)cc2Cl)C1. The molecule has 0 aromatic heterocycles. The molecule has 3 amide bonds. The van der Waals surface area contributed by atoms with E-state index in [0.29, 0.717) is 36.1 Å². The number of carbonyl (C=O) groups excluding carboxylic acids is 2. The Balaban J connectivity index is 1.81. The number of hydrogen-bond donors (Lipinski definition) is 2. The minimum Gasteiger partial charge on any atom is -0.355 e. The summed E-state index contributed by atoms with van der Waals surface area (Å²) in [6.45, 7) is 1.51. The summed E-state index contributed by atoms with van der Waals surface area (Å²) >= 11 is 11.9. The topological polar surface area (TPSA) is 75.4 Å². The van der Waals surface area contributed by atoms with E-state index in [1.165, 1.54) is 4.90 Å².